The smallest absolute Gasteiger partial charge is 0.229 e. The second-order valence-electron chi connectivity index (χ2n) is 7.82. The minimum absolute atomic E-state index is 0.335. The third kappa shape index (κ3) is 3.91. The first-order valence-electron chi connectivity index (χ1n) is 10.1. The number of likely N-dealkylation sites (tertiary alicyclic amines) is 1. The van der Waals surface area contributed by atoms with E-state index in [4.69, 9.17) is 4.74 Å². The van der Waals surface area contributed by atoms with Gasteiger partial charge in [-0.15, -0.1) is 0 Å². The van der Waals surface area contributed by atoms with Gasteiger partial charge in [-0.1, -0.05) is 24.3 Å². The first-order valence-corrected chi connectivity index (χ1v) is 10.1. The van der Waals surface area contributed by atoms with E-state index < -0.39 is 0 Å². The number of carbonyl (C=O) groups is 1. The number of pyridine rings is 1. The van der Waals surface area contributed by atoms with Gasteiger partial charge in [-0.3, -0.25) is 9.78 Å². The minimum atomic E-state index is -0.335. The molecule has 0 aliphatic carbocycles. The molecule has 2 aliphatic rings. The van der Waals surface area contributed by atoms with Crippen LogP contribution in [0, 0.1) is 5.41 Å². The molecular formula is C23H28N2O2. The van der Waals surface area contributed by atoms with Crippen LogP contribution in [0.4, 0.5) is 0 Å². The highest BCUT2D eigenvalue weighted by molar-refractivity contribution is 5.84. The van der Waals surface area contributed by atoms with E-state index in [1.54, 1.807) is 0 Å². The van der Waals surface area contributed by atoms with Gasteiger partial charge in [-0.25, -0.2) is 0 Å². The minimum Gasteiger partial charge on any atom is -0.381 e. The van der Waals surface area contributed by atoms with E-state index in [-0.39, 0.29) is 5.41 Å². The lowest BCUT2D eigenvalue weighted by atomic mass is 9.72. The zero-order valence-electron chi connectivity index (χ0n) is 15.9. The molecule has 2 saturated heterocycles. The Balaban J connectivity index is 1.66. The number of rotatable bonds is 4. The maximum atomic E-state index is 13.6. The average molecular weight is 364 g/mol. The average Bonchev–Trinajstić information content (AvgIpc) is 2.75. The zero-order valence-corrected chi connectivity index (χ0v) is 15.9. The Hall–Kier alpha value is -2.20. The van der Waals surface area contributed by atoms with Crippen molar-refractivity contribution in [3.8, 4) is 11.1 Å². The lowest BCUT2D eigenvalue weighted by molar-refractivity contribution is -0.149. The summed E-state index contributed by atoms with van der Waals surface area (Å²) < 4.78 is 5.64. The molecule has 0 radical (unpaired) electrons. The van der Waals surface area contributed by atoms with Gasteiger partial charge >= 0.3 is 0 Å². The Labute approximate surface area is 161 Å². The first-order chi connectivity index (χ1) is 13.3. The molecule has 1 aromatic heterocycles. The molecule has 142 valence electrons. The quantitative estimate of drug-likeness (QED) is 0.820. The maximum absolute atomic E-state index is 13.6. The van der Waals surface area contributed by atoms with Crippen molar-refractivity contribution in [2.45, 2.75) is 38.5 Å². The zero-order chi connectivity index (χ0) is 18.5. The topological polar surface area (TPSA) is 42.4 Å². The molecule has 0 unspecified atom stereocenters. The first kappa shape index (κ1) is 18.2. The van der Waals surface area contributed by atoms with Crippen molar-refractivity contribution in [2.75, 3.05) is 26.3 Å². The van der Waals surface area contributed by atoms with E-state index in [1.165, 1.54) is 17.5 Å². The fourth-order valence-corrected chi connectivity index (χ4v) is 4.51. The molecule has 0 saturated carbocycles. The molecule has 27 heavy (non-hydrogen) atoms. The molecule has 0 bridgehead atoms. The summed E-state index contributed by atoms with van der Waals surface area (Å²) in [4.78, 5) is 19.8. The summed E-state index contributed by atoms with van der Waals surface area (Å²) in [5, 5.41) is 0. The van der Waals surface area contributed by atoms with Crippen LogP contribution in [-0.4, -0.2) is 42.1 Å². The predicted molar refractivity (Wildman–Crippen MR) is 106 cm³/mol. The van der Waals surface area contributed by atoms with Crippen molar-refractivity contribution in [1.29, 1.82) is 0 Å². The maximum Gasteiger partial charge on any atom is 0.229 e. The monoisotopic (exact) mass is 364 g/mol. The number of hydrogen-bond donors (Lipinski definition) is 0. The van der Waals surface area contributed by atoms with E-state index in [0.717, 1.165) is 50.8 Å². The van der Waals surface area contributed by atoms with Crippen LogP contribution in [0.5, 0.6) is 0 Å². The molecular weight excluding hydrogens is 336 g/mol. The van der Waals surface area contributed by atoms with Gasteiger partial charge in [0.05, 0.1) is 5.41 Å². The number of ether oxygens (including phenoxy) is 1. The molecule has 4 rings (SSSR count). The number of hydrogen-bond acceptors (Lipinski definition) is 3. The molecule has 0 N–H and O–H groups in total. The molecule has 0 atom stereocenters. The summed E-state index contributed by atoms with van der Waals surface area (Å²) in [6, 6.07) is 12.6. The second kappa shape index (κ2) is 8.22. The van der Waals surface area contributed by atoms with Crippen LogP contribution in [0.2, 0.25) is 0 Å². The van der Waals surface area contributed by atoms with E-state index in [1.807, 2.05) is 24.5 Å². The predicted octanol–water partition coefficient (Wildman–Crippen LogP) is 4.10. The molecule has 4 nitrogen and oxygen atoms in total. The number of aromatic nitrogens is 1. The van der Waals surface area contributed by atoms with Gasteiger partial charge in [0, 0.05) is 38.7 Å². The fourth-order valence-electron chi connectivity index (χ4n) is 4.51. The fraction of sp³-hybridized carbons (Fsp3) is 0.478. The van der Waals surface area contributed by atoms with E-state index in [0.29, 0.717) is 19.1 Å². The molecule has 2 aliphatic heterocycles. The highest BCUT2D eigenvalue weighted by Crippen LogP contribution is 2.39. The van der Waals surface area contributed by atoms with E-state index >= 15 is 0 Å². The molecule has 0 spiro atoms. The number of piperidine rings is 1. The molecule has 1 aromatic carbocycles. The van der Waals surface area contributed by atoms with Crippen LogP contribution in [0.15, 0.2) is 48.8 Å². The summed E-state index contributed by atoms with van der Waals surface area (Å²) >= 11 is 0. The standard InChI is InChI=1S/C23H28N2O2/c26-22(25-14-4-1-5-15-25)23(10-16-27-17-11-23)18-20-6-2-3-7-21(20)19-8-12-24-13-9-19/h2-3,6-9,12-13H,1,4-5,10-11,14-18H2. The van der Waals surface area contributed by atoms with Gasteiger partial charge in [-0.05, 0) is 67.3 Å². The highest BCUT2D eigenvalue weighted by Gasteiger charge is 2.43. The summed E-state index contributed by atoms with van der Waals surface area (Å²) in [6.45, 7) is 3.18. The summed E-state index contributed by atoms with van der Waals surface area (Å²) in [7, 11) is 0. The Kier molecular flexibility index (Phi) is 5.53. The normalized spacial score (nSPS) is 19.6. The van der Waals surface area contributed by atoms with Crippen LogP contribution in [0.3, 0.4) is 0 Å². The lowest BCUT2D eigenvalue weighted by Crippen LogP contribution is -2.49. The van der Waals surface area contributed by atoms with Gasteiger partial charge in [-0.2, -0.15) is 0 Å². The van der Waals surface area contributed by atoms with Gasteiger partial charge in [0.2, 0.25) is 5.91 Å². The van der Waals surface area contributed by atoms with Crippen LogP contribution in [-0.2, 0) is 16.0 Å². The van der Waals surface area contributed by atoms with Gasteiger partial charge < -0.3 is 9.64 Å². The van der Waals surface area contributed by atoms with Crippen molar-refractivity contribution in [3.05, 3.63) is 54.4 Å². The van der Waals surface area contributed by atoms with Crippen LogP contribution in [0.1, 0.15) is 37.7 Å². The summed E-state index contributed by atoms with van der Waals surface area (Å²) in [5.41, 5.74) is 3.28. The van der Waals surface area contributed by atoms with Gasteiger partial charge in [0.15, 0.2) is 0 Å². The number of nitrogens with zero attached hydrogens (tertiary/aromatic N) is 2. The van der Waals surface area contributed by atoms with Crippen molar-refractivity contribution in [1.82, 2.24) is 9.88 Å². The highest BCUT2D eigenvalue weighted by atomic mass is 16.5. The third-order valence-corrected chi connectivity index (χ3v) is 6.08. The SMILES string of the molecule is O=C(N1CCCCC1)C1(Cc2ccccc2-c2ccncc2)CCOCC1. The van der Waals surface area contributed by atoms with Crippen molar-refractivity contribution < 1.29 is 9.53 Å². The Morgan fingerprint density at radius 2 is 1.70 bits per heavy atom. The van der Waals surface area contributed by atoms with Crippen LogP contribution in [0.25, 0.3) is 11.1 Å². The lowest BCUT2D eigenvalue weighted by Gasteiger charge is -2.41. The van der Waals surface area contributed by atoms with E-state index in [9.17, 15) is 4.79 Å². The van der Waals surface area contributed by atoms with Crippen LogP contribution < -0.4 is 0 Å². The third-order valence-electron chi connectivity index (χ3n) is 6.08. The number of amides is 1. The molecule has 2 aromatic rings. The van der Waals surface area contributed by atoms with Crippen LogP contribution >= 0.6 is 0 Å². The largest absolute Gasteiger partial charge is 0.381 e. The molecule has 4 heteroatoms. The molecule has 2 fully saturated rings. The Morgan fingerprint density at radius 1 is 1.00 bits per heavy atom. The summed E-state index contributed by atoms with van der Waals surface area (Å²) in [5.74, 6) is 0.343. The van der Waals surface area contributed by atoms with Gasteiger partial charge in [0.25, 0.3) is 0 Å². The molecule has 3 heterocycles. The molecule has 1 amide bonds. The van der Waals surface area contributed by atoms with E-state index in [2.05, 4.69) is 34.1 Å². The van der Waals surface area contributed by atoms with Crippen molar-refractivity contribution in [3.63, 3.8) is 0 Å². The van der Waals surface area contributed by atoms with Crippen molar-refractivity contribution >= 4 is 5.91 Å². The summed E-state index contributed by atoms with van der Waals surface area (Å²) in [6.07, 6.45) is 9.57. The van der Waals surface area contributed by atoms with Gasteiger partial charge in [0.1, 0.15) is 0 Å². The Bertz CT molecular complexity index is 763. The van der Waals surface area contributed by atoms with Crippen molar-refractivity contribution in [2.24, 2.45) is 5.41 Å². The second-order valence-corrected chi connectivity index (χ2v) is 7.82. The number of benzene rings is 1. The number of carbonyl (C=O) groups excluding carboxylic acids is 1. The Morgan fingerprint density at radius 3 is 2.44 bits per heavy atom.